The summed E-state index contributed by atoms with van der Waals surface area (Å²) in [5.74, 6) is 0.0307. The van der Waals surface area contributed by atoms with E-state index in [1.165, 1.54) is 6.08 Å². The topological polar surface area (TPSA) is 60.2 Å². The number of fused-ring (bicyclic) bond motifs is 1. The molecule has 4 heteroatoms. The smallest absolute Gasteiger partial charge is 0.266 e. The third kappa shape index (κ3) is 1.75. The van der Waals surface area contributed by atoms with Gasteiger partial charge in [0.1, 0.15) is 0 Å². The summed E-state index contributed by atoms with van der Waals surface area (Å²) in [6, 6.07) is 0. The van der Waals surface area contributed by atoms with Crippen LogP contribution in [0, 0.1) is 16.0 Å². The highest BCUT2D eigenvalue weighted by atomic mass is 16.6. The number of nitrogens with zero attached hydrogens (tertiary/aromatic N) is 1. The Morgan fingerprint density at radius 3 is 2.80 bits per heavy atom. The summed E-state index contributed by atoms with van der Waals surface area (Å²) in [5.41, 5.74) is 1.52. The molecule has 0 spiro atoms. The minimum Gasteiger partial charge on any atom is -0.294 e. The highest BCUT2D eigenvalue weighted by Crippen LogP contribution is 2.32. The normalized spacial score (nSPS) is 25.0. The van der Waals surface area contributed by atoms with E-state index < -0.39 is 4.92 Å². The van der Waals surface area contributed by atoms with Crippen LogP contribution in [0.4, 0.5) is 0 Å². The first kappa shape index (κ1) is 9.83. The van der Waals surface area contributed by atoms with Gasteiger partial charge in [0.05, 0.1) is 4.92 Å². The summed E-state index contributed by atoms with van der Waals surface area (Å²) in [6.45, 7) is 1.88. The van der Waals surface area contributed by atoms with Crippen molar-refractivity contribution >= 4 is 5.78 Å². The molecule has 0 bridgehead atoms. The summed E-state index contributed by atoms with van der Waals surface area (Å²) in [6.07, 6.45) is 6.12. The maximum Gasteiger partial charge on any atom is 0.266 e. The monoisotopic (exact) mass is 205 g/mol. The highest BCUT2D eigenvalue weighted by molar-refractivity contribution is 6.03. The Kier molecular flexibility index (Phi) is 2.26. The van der Waals surface area contributed by atoms with E-state index in [1.54, 1.807) is 6.08 Å². The standard InChI is InChI=1S/C11H11NO3/c1-7-4-8-2-3-11(13)10(8)6-9(5-7)12(14)15/h4-7H,2-3H2,1H3. The van der Waals surface area contributed by atoms with Crippen LogP contribution in [-0.2, 0) is 4.79 Å². The molecular formula is C11H11NO3. The zero-order valence-electron chi connectivity index (χ0n) is 8.40. The predicted molar refractivity (Wildman–Crippen MR) is 54.6 cm³/mol. The lowest BCUT2D eigenvalue weighted by atomic mass is 10.1. The van der Waals surface area contributed by atoms with E-state index in [0.29, 0.717) is 18.4 Å². The Hall–Kier alpha value is -1.71. The molecule has 1 atom stereocenters. The van der Waals surface area contributed by atoms with Gasteiger partial charge >= 0.3 is 0 Å². The van der Waals surface area contributed by atoms with E-state index in [2.05, 4.69) is 0 Å². The Balaban J connectivity index is 2.48. The summed E-state index contributed by atoms with van der Waals surface area (Å²) in [7, 11) is 0. The first-order valence-electron chi connectivity index (χ1n) is 4.90. The van der Waals surface area contributed by atoms with E-state index in [0.717, 1.165) is 5.57 Å². The largest absolute Gasteiger partial charge is 0.294 e. The number of ketones is 1. The van der Waals surface area contributed by atoms with E-state index >= 15 is 0 Å². The van der Waals surface area contributed by atoms with Crippen molar-refractivity contribution in [2.24, 2.45) is 5.92 Å². The molecular weight excluding hydrogens is 194 g/mol. The van der Waals surface area contributed by atoms with Gasteiger partial charge < -0.3 is 0 Å². The number of rotatable bonds is 1. The third-order valence-corrected chi connectivity index (χ3v) is 2.67. The second-order valence-corrected chi connectivity index (χ2v) is 3.88. The molecule has 2 aliphatic carbocycles. The van der Waals surface area contributed by atoms with Gasteiger partial charge in [-0.05, 0) is 17.9 Å². The molecule has 0 amide bonds. The number of Topliss-reactive ketones (excluding diaryl/α,β-unsaturated/α-hetero) is 1. The lowest BCUT2D eigenvalue weighted by molar-refractivity contribution is -0.419. The molecule has 78 valence electrons. The molecule has 0 aromatic heterocycles. The highest BCUT2D eigenvalue weighted by Gasteiger charge is 2.27. The molecule has 1 fully saturated rings. The summed E-state index contributed by atoms with van der Waals surface area (Å²) < 4.78 is 0. The number of allylic oxidation sites excluding steroid dienone is 5. The minimum absolute atomic E-state index is 0.0139. The predicted octanol–water partition coefficient (Wildman–Crippen LogP) is 2.01. The van der Waals surface area contributed by atoms with Gasteiger partial charge in [0.15, 0.2) is 5.78 Å². The summed E-state index contributed by atoms with van der Waals surface area (Å²) in [5, 5.41) is 10.7. The second kappa shape index (κ2) is 3.46. The van der Waals surface area contributed by atoms with Crippen LogP contribution in [0.25, 0.3) is 0 Å². The van der Waals surface area contributed by atoms with E-state index in [4.69, 9.17) is 0 Å². The minimum atomic E-state index is -0.439. The van der Waals surface area contributed by atoms with Crippen molar-refractivity contribution in [1.29, 1.82) is 0 Å². The maximum atomic E-state index is 11.5. The quantitative estimate of drug-likeness (QED) is 0.486. The molecule has 2 aliphatic rings. The Bertz CT molecular complexity index is 429. The Morgan fingerprint density at radius 1 is 1.40 bits per heavy atom. The molecule has 0 heterocycles. The van der Waals surface area contributed by atoms with Crippen LogP contribution in [0.2, 0.25) is 0 Å². The average molecular weight is 205 g/mol. The number of carbonyl (C=O) groups excluding carboxylic acids is 1. The van der Waals surface area contributed by atoms with E-state index in [1.807, 2.05) is 13.0 Å². The molecule has 0 radical (unpaired) electrons. The third-order valence-electron chi connectivity index (χ3n) is 2.67. The van der Waals surface area contributed by atoms with Crippen LogP contribution in [0.5, 0.6) is 0 Å². The lowest BCUT2D eigenvalue weighted by Gasteiger charge is -1.98. The van der Waals surface area contributed by atoms with Crippen molar-refractivity contribution in [3.05, 3.63) is 45.2 Å². The molecule has 1 saturated carbocycles. The fourth-order valence-electron chi connectivity index (χ4n) is 1.99. The molecule has 15 heavy (non-hydrogen) atoms. The first-order valence-corrected chi connectivity index (χ1v) is 4.90. The molecule has 0 aromatic carbocycles. The van der Waals surface area contributed by atoms with E-state index in [9.17, 15) is 14.9 Å². The van der Waals surface area contributed by atoms with E-state index in [-0.39, 0.29) is 17.4 Å². The molecule has 0 aromatic rings. The van der Waals surface area contributed by atoms with Crippen LogP contribution < -0.4 is 0 Å². The Morgan fingerprint density at radius 2 is 2.13 bits per heavy atom. The number of hydrogen-bond donors (Lipinski definition) is 0. The van der Waals surface area contributed by atoms with Crippen LogP contribution in [0.3, 0.4) is 0 Å². The zero-order valence-corrected chi connectivity index (χ0v) is 8.40. The lowest BCUT2D eigenvalue weighted by Crippen LogP contribution is -1.99. The molecule has 2 rings (SSSR count). The SMILES string of the molecule is CC1C=C2CCC(=O)C2=CC([N+](=O)[O-])=C1. The van der Waals surface area contributed by atoms with Gasteiger partial charge in [-0.3, -0.25) is 14.9 Å². The summed E-state index contributed by atoms with van der Waals surface area (Å²) in [4.78, 5) is 21.7. The maximum absolute atomic E-state index is 11.5. The number of carbonyl (C=O) groups is 1. The number of nitro groups is 1. The van der Waals surface area contributed by atoms with Crippen molar-refractivity contribution in [3.63, 3.8) is 0 Å². The van der Waals surface area contributed by atoms with Crippen molar-refractivity contribution in [3.8, 4) is 0 Å². The van der Waals surface area contributed by atoms with Gasteiger partial charge in [-0.25, -0.2) is 0 Å². The molecule has 0 saturated heterocycles. The van der Waals surface area contributed by atoms with Gasteiger partial charge in [-0.15, -0.1) is 0 Å². The first-order chi connectivity index (χ1) is 7.08. The number of hydrogen-bond acceptors (Lipinski definition) is 3. The van der Waals surface area contributed by atoms with Crippen molar-refractivity contribution in [2.45, 2.75) is 19.8 Å². The average Bonchev–Trinajstić information content (AvgIpc) is 2.42. The van der Waals surface area contributed by atoms with Gasteiger partial charge in [-0.2, -0.15) is 0 Å². The van der Waals surface area contributed by atoms with Gasteiger partial charge in [0.25, 0.3) is 5.70 Å². The van der Waals surface area contributed by atoms with Crippen LogP contribution in [-0.4, -0.2) is 10.7 Å². The second-order valence-electron chi connectivity index (χ2n) is 3.88. The van der Waals surface area contributed by atoms with Crippen molar-refractivity contribution in [1.82, 2.24) is 0 Å². The van der Waals surface area contributed by atoms with Crippen molar-refractivity contribution in [2.75, 3.05) is 0 Å². The zero-order chi connectivity index (χ0) is 11.0. The fourth-order valence-corrected chi connectivity index (χ4v) is 1.99. The Labute approximate surface area is 87.1 Å². The molecule has 0 aliphatic heterocycles. The summed E-state index contributed by atoms with van der Waals surface area (Å²) >= 11 is 0. The molecule has 4 nitrogen and oxygen atoms in total. The molecule has 1 unspecified atom stereocenters. The fraction of sp³-hybridized carbons (Fsp3) is 0.364. The van der Waals surface area contributed by atoms with Gasteiger partial charge in [0.2, 0.25) is 0 Å². The van der Waals surface area contributed by atoms with Crippen molar-refractivity contribution < 1.29 is 9.72 Å². The van der Waals surface area contributed by atoms with Crippen LogP contribution in [0.15, 0.2) is 35.1 Å². The van der Waals surface area contributed by atoms with Crippen LogP contribution >= 0.6 is 0 Å². The van der Waals surface area contributed by atoms with Gasteiger partial charge in [-0.1, -0.05) is 13.0 Å². The van der Waals surface area contributed by atoms with Gasteiger partial charge in [0, 0.05) is 24.1 Å². The van der Waals surface area contributed by atoms with Crippen LogP contribution in [0.1, 0.15) is 19.8 Å². The molecule has 0 N–H and O–H groups in total.